The topological polar surface area (TPSA) is 44.1 Å². The molecule has 0 saturated carbocycles. The molecule has 0 aliphatic carbocycles. The Labute approximate surface area is 119 Å². The molecule has 106 valence electrons. The highest BCUT2D eigenvalue weighted by Crippen LogP contribution is 2.21. The van der Waals surface area contributed by atoms with Crippen LogP contribution < -0.4 is 0 Å². The van der Waals surface area contributed by atoms with E-state index >= 15 is 0 Å². The van der Waals surface area contributed by atoms with E-state index in [1.54, 1.807) is 11.0 Å². The standard InChI is InChI=1S/C16H19FN2O/c1-11(2)19(12(3)4)16(20)15(8-9-18)13-6-5-7-14(17)10-13/h5-8,10-12H,1-4H3/b15-8+. The van der Waals surface area contributed by atoms with E-state index in [-0.39, 0.29) is 23.6 Å². The monoisotopic (exact) mass is 274 g/mol. The van der Waals surface area contributed by atoms with Gasteiger partial charge in [-0.25, -0.2) is 4.39 Å². The van der Waals surface area contributed by atoms with E-state index in [9.17, 15) is 9.18 Å². The van der Waals surface area contributed by atoms with Crippen LogP contribution in [0.3, 0.4) is 0 Å². The summed E-state index contributed by atoms with van der Waals surface area (Å²) >= 11 is 0. The van der Waals surface area contributed by atoms with Crippen molar-refractivity contribution >= 4 is 11.5 Å². The summed E-state index contributed by atoms with van der Waals surface area (Å²) in [6, 6.07) is 7.59. The third kappa shape index (κ3) is 3.67. The first-order valence-electron chi connectivity index (χ1n) is 6.56. The molecular weight excluding hydrogens is 255 g/mol. The summed E-state index contributed by atoms with van der Waals surface area (Å²) in [4.78, 5) is 14.3. The van der Waals surface area contributed by atoms with Crippen LogP contribution in [0.5, 0.6) is 0 Å². The fourth-order valence-electron chi connectivity index (χ4n) is 2.19. The number of allylic oxidation sites excluding steroid dienone is 1. The van der Waals surface area contributed by atoms with E-state index in [1.165, 1.54) is 24.3 Å². The SMILES string of the molecule is CC(C)N(C(=O)/C(=C/C#N)c1cccc(F)c1)C(C)C. The van der Waals surface area contributed by atoms with Crippen molar-refractivity contribution in [3.8, 4) is 6.07 Å². The van der Waals surface area contributed by atoms with Crippen LogP contribution in [0, 0.1) is 17.1 Å². The fourth-order valence-corrected chi connectivity index (χ4v) is 2.19. The van der Waals surface area contributed by atoms with Crippen molar-refractivity contribution in [1.29, 1.82) is 5.26 Å². The lowest BCUT2D eigenvalue weighted by molar-refractivity contribution is -0.128. The van der Waals surface area contributed by atoms with Gasteiger partial charge in [0.05, 0.1) is 11.6 Å². The second kappa shape index (κ2) is 6.85. The Kier molecular flexibility index (Phi) is 5.45. The molecule has 1 rings (SSSR count). The van der Waals surface area contributed by atoms with Crippen molar-refractivity contribution in [3.63, 3.8) is 0 Å². The van der Waals surface area contributed by atoms with Crippen LogP contribution in [0.1, 0.15) is 33.3 Å². The molecule has 0 aliphatic rings. The average molecular weight is 274 g/mol. The molecule has 1 amide bonds. The largest absolute Gasteiger partial charge is 0.334 e. The Balaban J connectivity index is 3.25. The molecule has 4 heteroatoms. The molecular formula is C16H19FN2O. The summed E-state index contributed by atoms with van der Waals surface area (Å²) in [7, 11) is 0. The third-order valence-electron chi connectivity index (χ3n) is 2.92. The molecule has 3 nitrogen and oxygen atoms in total. The van der Waals surface area contributed by atoms with Crippen LogP contribution in [-0.4, -0.2) is 22.9 Å². The lowest BCUT2D eigenvalue weighted by atomic mass is 10.0. The highest BCUT2D eigenvalue weighted by atomic mass is 19.1. The van der Waals surface area contributed by atoms with Crippen molar-refractivity contribution in [2.45, 2.75) is 39.8 Å². The molecule has 20 heavy (non-hydrogen) atoms. The summed E-state index contributed by atoms with van der Waals surface area (Å²) in [6.07, 6.45) is 1.18. The molecule has 0 bridgehead atoms. The Bertz CT molecular complexity index is 548. The van der Waals surface area contributed by atoms with Gasteiger partial charge in [0.25, 0.3) is 5.91 Å². The number of amides is 1. The van der Waals surface area contributed by atoms with Gasteiger partial charge in [0, 0.05) is 18.2 Å². The van der Waals surface area contributed by atoms with E-state index in [0.717, 1.165) is 0 Å². The molecule has 0 aromatic heterocycles. The highest BCUT2D eigenvalue weighted by Gasteiger charge is 2.24. The maximum Gasteiger partial charge on any atom is 0.255 e. The van der Waals surface area contributed by atoms with Gasteiger partial charge in [0.2, 0.25) is 0 Å². The zero-order valence-electron chi connectivity index (χ0n) is 12.2. The minimum atomic E-state index is -0.431. The average Bonchev–Trinajstić information content (AvgIpc) is 2.34. The first-order chi connectivity index (χ1) is 9.38. The number of benzene rings is 1. The van der Waals surface area contributed by atoms with Gasteiger partial charge in [-0.1, -0.05) is 12.1 Å². The quantitative estimate of drug-likeness (QED) is 0.624. The predicted molar refractivity (Wildman–Crippen MR) is 77.1 cm³/mol. The molecule has 0 saturated heterocycles. The number of nitriles is 1. The minimum Gasteiger partial charge on any atom is -0.334 e. The molecule has 0 fully saturated rings. The maximum absolute atomic E-state index is 13.3. The van der Waals surface area contributed by atoms with E-state index in [4.69, 9.17) is 5.26 Å². The van der Waals surface area contributed by atoms with Gasteiger partial charge in [-0.2, -0.15) is 5.26 Å². The van der Waals surface area contributed by atoms with Crippen molar-refractivity contribution in [2.75, 3.05) is 0 Å². The predicted octanol–water partition coefficient (Wildman–Crippen LogP) is 3.38. The minimum absolute atomic E-state index is 0.00171. The number of carbonyl (C=O) groups excluding carboxylic acids is 1. The van der Waals surface area contributed by atoms with Crippen LogP contribution in [0.25, 0.3) is 5.57 Å². The van der Waals surface area contributed by atoms with E-state index in [1.807, 2.05) is 33.8 Å². The van der Waals surface area contributed by atoms with Crippen molar-refractivity contribution in [3.05, 3.63) is 41.7 Å². The number of hydrogen-bond acceptors (Lipinski definition) is 2. The second-order valence-corrected chi connectivity index (χ2v) is 5.10. The van der Waals surface area contributed by atoms with Gasteiger partial charge in [-0.3, -0.25) is 4.79 Å². The molecule has 0 atom stereocenters. The first kappa shape index (κ1) is 15.9. The number of hydrogen-bond donors (Lipinski definition) is 0. The molecule has 0 radical (unpaired) electrons. The zero-order valence-corrected chi connectivity index (χ0v) is 12.2. The molecule has 0 spiro atoms. The highest BCUT2D eigenvalue weighted by molar-refractivity contribution is 6.20. The van der Waals surface area contributed by atoms with Gasteiger partial charge in [-0.15, -0.1) is 0 Å². The second-order valence-electron chi connectivity index (χ2n) is 5.10. The van der Waals surface area contributed by atoms with Gasteiger partial charge in [-0.05, 0) is 45.4 Å². The van der Waals surface area contributed by atoms with Crippen molar-refractivity contribution < 1.29 is 9.18 Å². The van der Waals surface area contributed by atoms with Crippen molar-refractivity contribution in [1.82, 2.24) is 4.90 Å². The lowest BCUT2D eigenvalue weighted by Crippen LogP contribution is -2.42. The number of rotatable bonds is 4. The normalized spacial score (nSPS) is 11.6. The van der Waals surface area contributed by atoms with E-state index in [0.29, 0.717) is 5.56 Å². The zero-order chi connectivity index (χ0) is 15.3. The van der Waals surface area contributed by atoms with Crippen LogP contribution in [0.4, 0.5) is 4.39 Å². The van der Waals surface area contributed by atoms with Crippen LogP contribution in [0.15, 0.2) is 30.3 Å². The molecule has 0 aliphatic heterocycles. The first-order valence-corrected chi connectivity index (χ1v) is 6.56. The lowest BCUT2D eigenvalue weighted by Gasteiger charge is -2.31. The summed E-state index contributed by atoms with van der Waals surface area (Å²) in [5.74, 6) is -0.693. The maximum atomic E-state index is 13.3. The Morgan fingerprint density at radius 2 is 1.90 bits per heavy atom. The van der Waals surface area contributed by atoms with Gasteiger partial charge >= 0.3 is 0 Å². The van der Waals surface area contributed by atoms with Crippen LogP contribution >= 0.6 is 0 Å². The Morgan fingerprint density at radius 3 is 2.35 bits per heavy atom. The molecule has 1 aromatic carbocycles. The summed E-state index contributed by atoms with van der Waals surface area (Å²) in [5, 5.41) is 8.88. The molecule has 1 aromatic rings. The van der Waals surface area contributed by atoms with E-state index < -0.39 is 5.82 Å². The third-order valence-corrected chi connectivity index (χ3v) is 2.92. The van der Waals surface area contributed by atoms with Gasteiger partial charge in [0.15, 0.2) is 0 Å². The summed E-state index contributed by atoms with van der Waals surface area (Å²) < 4.78 is 13.3. The smallest absolute Gasteiger partial charge is 0.255 e. The fraction of sp³-hybridized carbons (Fsp3) is 0.375. The Morgan fingerprint density at radius 1 is 1.30 bits per heavy atom. The number of carbonyl (C=O) groups is 1. The Hall–Kier alpha value is -2.15. The summed E-state index contributed by atoms with van der Waals surface area (Å²) in [6.45, 7) is 7.64. The van der Waals surface area contributed by atoms with Crippen molar-refractivity contribution in [2.24, 2.45) is 0 Å². The number of nitrogens with zero attached hydrogens (tertiary/aromatic N) is 2. The van der Waals surface area contributed by atoms with Gasteiger partial charge < -0.3 is 4.90 Å². The molecule has 0 heterocycles. The van der Waals surface area contributed by atoms with Gasteiger partial charge in [0.1, 0.15) is 5.82 Å². The molecule has 0 unspecified atom stereocenters. The summed E-state index contributed by atoms with van der Waals surface area (Å²) in [5.41, 5.74) is 0.636. The van der Waals surface area contributed by atoms with E-state index in [2.05, 4.69) is 0 Å². The van der Waals surface area contributed by atoms with Crippen LogP contribution in [0.2, 0.25) is 0 Å². The molecule has 0 N–H and O–H groups in total. The number of halogens is 1. The van der Waals surface area contributed by atoms with Crippen LogP contribution in [-0.2, 0) is 4.79 Å².